The van der Waals surface area contributed by atoms with E-state index in [-0.39, 0.29) is 18.9 Å². The van der Waals surface area contributed by atoms with E-state index in [0.29, 0.717) is 0 Å². The van der Waals surface area contributed by atoms with E-state index in [1.807, 2.05) is 0 Å². The molecule has 0 atom stereocenters. The molecule has 1 aliphatic rings. The number of benzene rings is 1. The van der Waals surface area contributed by atoms with Crippen molar-refractivity contribution in [2.75, 3.05) is 0 Å². The minimum atomic E-state index is -1.47. The maximum absolute atomic E-state index is 13.4. The van der Waals surface area contributed by atoms with Gasteiger partial charge in [-0.15, -0.1) is 0 Å². The van der Waals surface area contributed by atoms with Gasteiger partial charge in [0.2, 0.25) is 0 Å². The fourth-order valence-electron chi connectivity index (χ4n) is 1.90. The fourth-order valence-corrected chi connectivity index (χ4v) is 1.90. The van der Waals surface area contributed by atoms with E-state index >= 15 is 0 Å². The molecule has 1 saturated carbocycles. The summed E-state index contributed by atoms with van der Waals surface area (Å²) in [7, 11) is 0. The highest BCUT2D eigenvalue weighted by Crippen LogP contribution is 2.51. The van der Waals surface area contributed by atoms with Gasteiger partial charge in [0.25, 0.3) is 0 Å². The minimum Gasteiger partial charge on any atom is -0.299 e. The molecule has 0 aromatic heterocycles. The van der Waals surface area contributed by atoms with E-state index in [4.69, 9.17) is 0 Å². The molecule has 0 bridgehead atoms. The lowest BCUT2D eigenvalue weighted by Crippen LogP contribution is -2.22. The first kappa shape index (κ1) is 11.1. The van der Waals surface area contributed by atoms with Crippen molar-refractivity contribution in [3.8, 4) is 0 Å². The van der Waals surface area contributed by atoms with E-state index < -0.39 is 40.0 Å². The molecule has 0 unspecified atom stereocenters. The van der Waals surface area contributed by atoms with Crippen molar-refractivity contribution in [2.24, 2.45) is 0 Å². The maximum Gasteiger partial charge on any atom is 0.166 e. The topological polar surface area (TPSA) is 17.1 Å². The van der Waals surface area contributed by atoms with E-state index in [2.05, 4.69) is 0 Å². The smallest absolute Gasteiger partial charge is 0.166 e. The predicted octanol–water partition coefficient (Wildman–Crippen LogP) is 2.86. The molecular weight excluding hydrogens is 224 g/mol. The Bertz CT molecular complexity index is 451. The van der Waals surface area contributed by atoms with Crippen LogP contribution in [0.5, 0.6) is 0 Å². The second-order valence-electron chi connectivity index (χ2n) is 3.98. The van der Waals surface area contributed by atoms with Gasteiger partial charge < -0.3 is 0 Å². The molecule has 0 spiro atoms. The Labute approximate surface area is 89.1 Å². The number of hydrogen-bond acceptors (Lipinski definition) is 1. The number of carbonyl (C=O) groups excluding carboxylic acids is 1. The van der Waals surface area contributed by atoms with Crippen LogP contribution >= 0.6 is 0 Å². The van der Waals surface area contributed by atoms with E-state index in [1.165, 1.54) is 0 Å². The van der Waals surface area contributed by atoms with Crippen LogP contribution in [0.3, 0.4) is 0 Å². The molecule has 0 amide bonds. The van der Waals surface area contributed by atoms with Gasteiger partial charge in [-0.05, 0) is 19.8 Å². The lowest BCUT2D eigenvalue weighted by Gasteiger charge is -2.14. The van der Waals surface area contributed by atoms with Gasteiger partial charge in [0.1, 0.15) is 5.78 Å². The Morgan fingerprint density at radius 2 is 1.56 bits per heavy atom. The molecule has 1 aromatic rings. The van der Waals surface area contributed by atoms with Crippen LogP contribution in [-0.4, -0.2) is 5.78 Å². The predicted molar refractivity (Wildman–Crippen MR) is 47.9 cm³/mol. The summed E-state index contributed by atoms with van der Waals surface area (Å²) in [6, 6.07) is 0.143. The highest BCUT2D eigenvalue weighted by molar-refractivity contribution is 5.91. The van der Waals surface area contributed by atoms with Crippen molar-refractivity contribution in [1.29, 1.82) is 0 Å². The average molecular weight is 232 g/mol. The van der Waals surface area contributed by atoms with Crippen LogP contribution in [0.4, 0.5) is 17.6 Å². The Morgan fingerprint density at radius 3 is 1.88 bits per heavy atom. The Morgan fingerprint density at radius 1 is 1.12 bits per heavy atom. The zero-order chi connectivity index (χ0) is 12.1. The normalized spacial score (nSPS) is 17.3. The van der Waals surface area contributed by atoms with Crippen LogP contribution < -0.4 is 0 Å². The highest BCUT2D eigenvalue weighted by atomic mass is 19.2. The number of halogens is 4. The van der Waals surface area contributed by atoms with Crippen LogP contribution in [0.2, 0.25) is 0 Å². The average Bonchev–Trinajstić information content (AvgIpc) is 2.97. The third-order valence-corrected chi connectivity index (χ3v) is 3.01. The molecule has 86 valence electrons. The first-order valence-electron chi connectivity index (χ1n) is 4.74. The van der Waals surface area contributed by atoms with Crippen molar-refractivity contribution in [3.63, 3.8) is 0 Å². The van der Waals surface area contributed by atoms with E-state index in [0.717, 1.165) is 6.92 Å². The van der Waals surface area contributed by atoms with Crippen LogP contribution in [-0.2, 0) is 10.2 Å². The largest absolute Gasteiger partial charge is 0.299 e. The number of rotatable bonds is 2. The molecular formula is C11H8F4O. The molecule has 0 saturated heterocycles. The SMILES string of the molecule is CC(=O)C1(c2c(F)c(F)cc(F)c2F)CC1. The van der Waals surface area contributed by atoms with Gasteiger partial charge in [-0.2, -0.15) is 0 Å². The number of ketones is 1. The Kier molecular flexibility index (Phi) is 2.29. The molecule has 2 rings (SSSR count). The molecule has 0 heterocycles. The molecule has 0 radical (unpaired) electrons. The van der Waals surface area contributed by atoms with Crippen LogP contribution in [0, 0.1) is 23.3 Å². The molecule has 1 nitrogen and oxygen atoms in total. The third-order valence-electron chi connectivity index (χ3n) is 3.01. The molecule has 5 heteroatoms. The summed E-state index contributed by atoms with van der Waals surface area (Å²) in [5.41, 5.74) is -2.13. The van der Waals surface area contributed by atoms with Crippen molar-refractivity contribution < 1.29 is 22.4 Å². The standard InChI is InChI=1S/C11H8F4O/c1-5(16)11(2-3-11)8-9(14)6(12)4-7(13)10(8)15/h4H,2-3H2,1H3. The molecule has 0 N–H and O–H groups in total. The quantitative estimate of drug-likeness (QED) is 0.566. The summed E-state index contributed by atoms with van der Waals surface area (Å²) < 4.78 is 52.7. The van der Waals surface area contributed by atoms with Gasteiger partial charge in [-0.25, -0.2) is 17.6 Å². The Balaban J connectivity index is 2.70. The van der Waals surface area contributed by atoms with Crippen molar-refractivity contribution in [3.05, 3.63) is 34.9 Å². The molecule has 0 aliphatic heterocycles. The third kappa shape index (κ3) is 1.34. The first-order chi connectivity index (χ1) is 7.40. The van der Waals surface area contributed by atoms with Gasteiger partial charge in [0.05, 0.1) is 5.41 Å². The monoisotopic (exact) mass is 232 g/mol. The summed E-state index contributed by atoms with van der Waals surface area (Å²) in [6.45, 7) is 1.16. The molecule has 1 fully saturated rings. The Hall–Kier alpha value is -1.39. The summed E-state index contributed by atoms with van der Waals surface area (Å²) in [5.74, 6) is -6.35. The lowest BCUT2D eigenvalue weighted by atomic mass is 9.91. The molecule has 1 aromatic carbocycles. The van der Waals surface area contributed by atoms with Crippen LogP contribution in [0.1, 0.15) is 25.3 Å². The lowest BCUT2D eigenvalue weighted by molar-refractivity contribution is -0.119. The summed E-state index contributed by atoms with van der Waals surface area (Å²) in [6.07, 6.45) is 0.443. The molecule has 1 aliphatic carbocycles. The second-order valence-corrected chi connectivity index (χ2v) is 3.98. The summed E-state index contributed by atoms with van der Waals surface area (Å²) >= 11 is 0. The van der Waals surface area contributed by atoms with Crippen molar-refractivity contribution in [1.82, 2.24) is 0 Å². The maximum atomic E-state index is 13.4. The number of carbonyl (C=O) groups is 1. The van der Waals surface area contributed by atoms with Gasteiger partial charge in [-0.3, -0.25) is 4.79 Å². The van der Waals surface area contributed by atoms with Crippen molar-refractivity contribution >= 4 is 5.78 Å². The van der Waals surface area contributed by atoms with Gasteiger partial charge >= 0.3 is 0 Å². The minimum absolute atomic E-state index is 0.143. The number of Topliss-reactive ketones (excluding diaryl/α,β-unsaturated/α-hetero) is 1. The van der Waals surface area contributed by atoms with Gasteiger partial charge in [-0.1, -0.05) is 0 Å². The van der Waals surface area contributed by atoms with Crippen LogP contribution in [0.25, 0.3) is 0 Å². The summed E-state index contributed by atoms with van der Waals surface area (Å²) in [4.78, 5) is 11.3. The number of hydrogen-bond donors (Lipinski definition) is 0. The zero-order valence-corrected chi connectivity index (χ0v) is 8.41. The molecule has 16 heavy (non-hydrogen) atoms. The summed E-state index contributed by atoms with van der Waals surface area (Å²) in [5, 5.41) is 0. The first-order valence-corrected chi connectivity index (χ1v) is 4.74. The van der Waals surface area contributed by atoms with Gasteiger partial charge in [0.15, 0.2) is 23.3 Å². The van der Waals surface area contributed by atoms with Gasteiger partial charge in [0, 0.05) is 11.6 Å². The fraction of sp³-hybridized carbons (Fsp3) is 0.364. The highest BCUT2D eigenvalue weighted by Gasteiger charge is 2.53. The zero-order valence-electron chi connectivity index (χ0n) is 8.41. The van der Waals surface area contributed by atoms with Crippen LogP contribution in [0.15, 0.2) is 6.07 Å². The van der Waals surface area contributed by atoms with Crippen molar-refractivity contribution in [2.45, 2.75) is 25.2 Å². The second kappa shape index (κ2) is 3.30. The van der Waals surface area contributed by atoms with E-state index in [1.54, 1.807) is 0 Å². The van der Waals surface area contributed by atoms with E-state index in [9.17, 15) is 22.4 Å².